The molecule has 2 aliphatic heterocycles. The number of piperazine rings is 1. The minimum absolute atomic E-state index is 0.469. The topological polar surface area (TPSA) is 21.8 Å². The first-order valence-corrected chi connectivity index (χ1v) is 7.81. The van der Waals surface area contributed by atoms with Gasteiger partial charge < -0.3 is 10.2 Å². The fraction of sp³-hybridized carbons (Fsp3) is 1.00. The van der Waals surface area contributed by atoms with Crippen LogP contribution in [-0.2, 0) is 0 Å². The Morgan fingerprint density at radius 1 is 1.16 bits per heavy atom. The van der Waals surface area contributed by atoms with Crippen LogP contribution in [0, 0.1) is 5.41 Å². The van der Waals surface area contributed by atoms with Crippen LogP contribution in [0.4, 0.5) is 0 Å². The molecular formula is C15H32N4. The van der Waals surface area contributed by atoms with Gasteiger partial charge in [0.25, 0.3) is 0 Å². The smallest absolute Gasteiger partial charge is 0.0273 e. The third-order valence-electron chi connectivity index (χ3n) is 4.90. The Kier molecular flexibility index (Phi) is 5.23. The molecule has 0 aliphatic carbocycles. The Morgan fingerprint density at radius 2 is 1.84 bits per heavy atom. The summed E-state index contributed by atoms with van der Waals surface area (Å²) < 4.78 is 0. The highest BCUT2D eigenvalue weighted by molar-refractivity contribution is 4.93. The highest BCUT2D eigenvalue weighted by Gasteiger charge is 2.37. The third-order valence-corrected chi connectivity index (χ3v) is 4.90. The van der Waals surface area contributed by atoms with E-state index in [1.54, 1.807) is 0 Å². The number of nitrogens with zero attached hydrogens (tertiary/aromatic N) is 3. The third kappa shape index (κ3) is 4.15. The van der Waals surface area contributed by atoms with Crippen LogP contribution in [0.25, 0.3) is 0 Å². The highest BCUT2D eigenvalue weighted by Crippen LogP contribution is 2.31. The summed E-state index contributed by atoms with van der Waals surface area (Å²) in [6.45, 7) is 14.6. The molecule has 1 atom stereocenters. The number of likely N-dealkylation sites (N-methyl/N-ethyl adjacent to an activating group) is 1. The minimum Gasteiger partial charge on any atom is -0.315 e. The van der Waals surface area contributed by atoms with Crippen molar-refractivity contribution in [3.63, 3.8) is 0 Å². The monoisotopic (exact) mass is 268 g/mol. The van der Waals surface area contributed by atoms with Crippen LogP contribution in [-0.4, -0.2) is 87.2 Å². The van der Waals surface area contributed by atoms with Gasteiger partial charge in [0.15, 0.2) is 0 Å². The van der Waals surface area contributed by atoms with Gasteiger partial charge in [-0.3, -0.25) is 9.80 Å². The molecule has 0 aromatic carbocycles. The number of piperidine rings is 1. The number of nitrogens with one attached hydrogen (secondary N) is 1. The van der Waals surface area contributed by atoms with Crippen LogP contribution in [0.3, 0.4) is 0 Å². The molecular weight excluding hydrogens is 236 g/mol. The lowest BCUT2D eigenvalue weighted by Crippen LogP contribution is -2.60. The average molecular weight is 268 g/mol. The molecule has 0 aromatic rings. The summed E-state index contributed by atoms with van der Waals surface area (Å²) in [5.74, 6) is 0. The maximum Gasteiger partial charge on any atom is 0.0273 e. The molecule has 2 saturated heterocycles. The van der Waals surface area contributed by atoms with Gasteiger partial charge in [0.2, 0.25) is 0 Å². The van der Waals surface area contributed by atoms with E-state index in [4.69, 9.17) is 0 Å². The standard InChI is InChI=1S/C15H32N4/c1-15(2)5-6-16-13-14(15)19-11-9-18(10-12-19)8-7-17(3)4/h14,16H,5-13H2,1-4H3. The van der Waals surface area contributed by atoms with Crippen molar-refractivity contribution in [1.29, 1.82) is 0 Å². The van der Waals surface area contributed by atoms with E-state index in [2.05, 4.69) is 48.0 Å². The summed E-state index contributed by atoms with van der Waals surface area (Å²) in [6.07, 6.45) is 1.30. The van der Waals surface area contributed by atoms with Crippen LogP contribution in [0.15, 0.2) is 0 Å². The van der Waals surface area contributed by atoms with Gasteiger partial charge in [-0.25, -0.2) is 0 Å². The van der Waals surface area contributed by atoms with E-state index in [0.29, 0.717) is 5.41 Å². The zero-order chi connectivity index (χ0) is 13.9. The molecule has 1 unspecified atom stereocenters. The summed E-state index contributed by atoms with van der Waals surface area (Å²) in [5.41, 5.74) is 0.469. The molecule has 0 bridgehead atoms. The van der Waals surface area contributed by atoms with Crippen molar-refractivity contribution in [2.24, 2.45) is 5.41 Å². The van der Waals surface area contributed by atoms with Crippen LogP contribution in [0.2, 0.25) is 0 Å². The second-order valence-electron chi connectivity index (χ2n) is 7.14. The summed E-state index contributed by atoms with van der Waals surface area (Å²) in [4.78, 5) is 7.61. The first kappa shape index (κ1) is 15.2. The first-order valence-electron chi connectivity index (χ1n) is 7.81. The van der Waals surface area contributed by atoms with Gasteiger partial charge in [-0.2, -0.15) is 0 Å². The molecule has 2 aliphatic rings. The summed E-state index contributed by atoms with van der Waals surface area (Å²) in [5, 5.41) is 3.58. The van der Waals surface area contributed by atoms with Gasteiger partial charge >= 0.3 is 0 Å². The van der Waals surface area contributed by atoms with Crippen molar-refractivity contribution in [2.45, 2.75) is 26.3 Å². The van der Waals surface area contributed by atoms with E-state index in [-0.39, 0.29) is 0 Å². The van der Waals surface area contributed by atoms with Crippen molar-refractivity contribution in [3.05, 3.63) is 0 Å². The van der Waals surface area contributed by atoms with E-state index in [9.17, 15) is 0 Å². The molecule has 4 nitrogen and oxygen atoms in total. The number of rotatable bonds is 4. The summed E-state index contributed by atoms with van der Waals surface area (Å²) in [6, 6.07) is 0.720. The van der Waals surface area contributed by atoms with E-state index in [0.717, 1.165) is 6.04 Å². The van der Waals surface area contributed by atoms with Gasteiger partial charge in [-0.15, -0.1) is 0 Å². The zero-order valence-corrected chi connectivity index (χ0v) is 13.3. The molecule has 0 radical (unpaired) electrons. The number of hydrogen-bond donors (Lipinski definition) is 1. The SMILES string of the molecule is CN(C)CCN1CCN(C2CNCCC2(C)C)CC1. The van der Waals surface area contributed by atoms with Crippen LogP contribution in [0.5, 0.6) is 0 Å². The Hall–Kier alpha value is -0.160. The Labute approximate surface area is 119 Å². The van der Waals surface area contributed by atoms with E-state index >= 15 is 0 Å². The zero-order valence-electron chi connectivity index (χ0n) is 13.3. The van der Waals surface area contributed by atoms with Gasteiger partial charge in [0.05, 0.1) is 0 Å². The molecule has 0 spiro atoms. The van der Waals surface area contributed by atoms with Gasteiger partial charge in [0, 0.05) is 51.9 Å². The maximum absolute atomic E-state index is 3.58. The second-order valence-corrected chi connectivity index (χ2v) is 7.14. The van der Waals surface area contributed by atoms with Gasteiger partial charge in [-0.1, -0.05) is 13.8 Å². The summed E-state index contributed by atoms with van der Waals surface area (Å²) >= 11 is 0. The average Bonchev–Trinajstić information content (AvgIpc) is 2.37. The fourth-order valence-corrected chi connectivity index (χ4v) is 3.36. The summed E-state index contributed by atoms with van der Waals surface area (Å²) in [7, 11) is 4.32. The Bertz CT molecular complexity index is 269. The second kappa shape index (κ2) is 6.53. The normalized spacial score (nSPS) is 29.8. The molecule has 0 saturated carbocycles. The quantitative estimate of drug-likeness (QED) is 0.804. The largest absolute Gasteiger partial charge is 0.315 e. The molecule has 19 heavy (non-hydrogen) atoms. The predicted octanol–water partition coefficient (Wildman–Crippen LogP) is 0.554. The fourth-order valence-electron chi connectivity index (χ4n) is 3.36. The van der Waals surface area contributed by atoms with Crippen LogP contribution >= 0.6 is 0 Å². The van der Waals surface area contributed by atoms with Crippen molar-refractivity contribution in [1.82, 2.24) is 20.0 Å². The molecule has 1 N–H and O–H groups in total. The van der Waals surface area contributed by atoms with Gasteiger partial charge in [0.1, 0.15) is 0 Å². The van der Waals surface area contributed by atoms with E-state index < -0.39 is 0 Å². The molecule has 0 aromatic heterocycles. The van der Waals surface area contributed by atoms with Crippen molar-refractivity contribution in [3.8, 4) is 0 Å². The van der Waals surface area contributed by atoms with Crippen molar-refractivity contribution >= 4 is 0 Å². The number of hydrogen-bond acceptors (Lipinski definition) is 4. The van der Waals surface area contributed by atoms with Gasteiger partial charge in [-0.05, 0) is 32.5 Å². The molecule has 2 rings (SSSR count). The lowest BCUT2D eigenvalue weighted by Gasteiger charge is -2.48. The maximum atomic E-state index is 3.58. The minimum atomic E-state index is 0.469. The lowest BCUT2D eigenvalue weighted by molar-refractivity contribution is 0.0206. The molecule has 0 amide bonds. The van der Waals surface area contributed by atoms with Crippen molar-refractivity contribution in [2.75, 3.05) is 66.5 Å². The Balaban J connectivity index is 1.79. The van der Waals surface area contributed by atoms with E-state index in [1.807, 2.05) is 0 Å². The lowest BCUT2D eigenvalue weighted by atomic mass is 9.77. The highest BCUT2D eigenvalue weighted by atomic mass is 15.3. The molecule has 112 valence electrons. The first-order chi connectivity index (χ1) is 8.99. The molecule has 2 heterocycles. The van der Waals surface area contributed by atoms with Crippen LogP contribution < -0.4 is 5.32 Å². The Morgan fingerprint density at radius 3 is 2.42 bits per heavy atom. The van der Waals surface area contributed by atoms with Crippen LogP contribution in [0.1, 0.15) is 20.3 Å². The van der Waals surface area contributed by atoms with Crippen molar-refractivity contribution < 1.29 is 0 Å². The predicted molar refractivity (Wildman–Crippen MR) is 81.6 cm³/mol. The molecule has 2 fully saturated rings. The van der Waals surface area contributed by atoms with E-state index in [1.165, 1.54) is 58.8 Å². The molecule has 4 heteroatoms.